The summed E-state index contributed by atoms with van der Waals surface area (Å²) in [4.78, 5) is 13.7. The molecule has 4 nitrogen and oxygen atoms in total. The maximum atomic E-state index is 13.1. The Hall–Kier alpha value is -2.11. The number of ether oxygens (including phenoxy) is 2. The summed E-state index contributed by atoms with van der Waals surface area (Å²) in [5, 5.41) is 0.620. The van der Waals surface area contributed by atoms with E-state index in [0.717, 1.165) is 5.56 Å². The van der Waals surface area contributed by atoms with E-state index in [2.05, 4.69) is 0 Å². The second-order valence-corrected chi connectivity index (χ2v) is 6.04. The van der Waals surface area contributed by atoms with Gasteiger partial charge in [-0.15, -0.1) is 0 Å². The van der Waals surface area contributed by atoms with E-state index in [1.54, 1.807) is 35.2 Å². The maximum absolute atomic E-state index is 13.1. The Morgan fingerprint density at radius 1 is 1.21 bits per heavy atom. The summed E-state index contributed by atoms with van der Waals surface area (Å²) < 4.78 is 24.2. The van der Waals surface area contributed by atoms with Crippen molar-refractivity contribution < 1.29 is 18.7 Å². The molecule has 0 radical (unpaired) electrons. The highest BCUT2D eigenvalue weighted by Gasteiger charge is 2.31. The molecule has 0 aromatic heterocycles. The molecule has 1 fully saturated rings. The van der Waals surface area contributed by atoms with Crippen LogP contribution >= 0.6 is 11.6 Å². The third kappa shape index (κ3) is 4.46. The number of hydrogen-bond acceptors (Lipinski definition) is 3. The van der Waals surface area contributed by atoms with Crippen molar-refractivity contribution in [2.24, 2.45) is 0 Å². The monoisotopic (exact) mass is 349 g/mol. The molecule has 1 saturated heterocycles. The van der Waals surface area contributed by atoms with Crippen LogP contribution in [0.1, 0.15) is 5.56 Å². The van der Waals surface area contributed by atoms with Crippen LogP contribution < -0.4 is 4.74 Å². The lowest BCUT2D eigenvalue weighted by Gasteiger charge is -2.38. The van der Waals surface area contributed by atoms with Crippen LogP contribution in [0, 0.1) is 5.82 Å². The van der Waals surface area contributed by atoms with E-state index >= 15 is 0 Å². The van der Waals surface area contributed by atoms with Gasteiger partial charge in [0.2, 0.25) is 0 Å². The van der Waals surface area contributed by atoms with Crippen molar-refractivity contribution in [1.29, 1.82) is 0 Å². The van der Waals surface area contributed by atoms with Gasteiger partial charge in [-0.2, -0.15) is 0 Å². The van der Waals surface area contributed by atoms with Crippen molar-refractivity contribution >= 4 is 17.5 Å². The quantitative estimate of drug-likeness (QED) is 0.803. The first-order valence-corrected chi connectivity index (χ1v) is 8.00. The standard InChI is InChI=1S/C18H17ClFNO3/c19-14-4-6-16(7-5-14)24-12-18(22)21-9-17(10-21)23-11-13-2-1-3-15(20)8-13/h1-8,17H,9-12H2. The molecule has 24 heavy (non-hydrogen) atoms. The summed E-state index contributed by atoms with van der Waals surface area (Å²) in [6, 6.07) is 13.2. The first kappa shape index (κ1) is 16.7. The summed E-state index contributed by atoms with van der Waals surface area (Å²) in [5.41, 5.74) is 0.783. The molecule has 0 N–H and O–H groups in total. The molecule has 0 unspecified atom stereocenters. The van der Waals surface area contributed by atoms with Gasteiger partial charge in [-0.05, 0) is 42.0 Å². The number of rotatable bonds is 6. The molecular weight excluding hydrogens is 333 g/mol. The molecule has 0 atom stereocenters. The second-order valence-electron chi connectivity index (χ2n) is 5.60. The molecule has 1 heterocycles. The number of halogens is 2. The minimum Gasteiger partial charge on any atom is -0.484 e. The first-order valence-electron chi connectivity index (χ1n) is 7.62. The van der Waals surface area contributed by atoms with Gasteiger partial charge in [0.15, 0.2) is 6.61 Å². The van der Waals surface area contributed by atoms with Gasteiger partial charge in [0.25, 0.3) is 5.91 Å². The molecule has 0 spiro atoms. The van der Waals surface area contributed by atoms with Crippen LogP contribution in [0.2, 0.25) is 5.02 Å². The van der Waals surface area contributed by atoms with Crippen molar-refractivity contribution in [2.75, 3.05) is 19.7 Å². The predicted molar refractivity (Wildman–Crippen MR) is 88.5 cm³/mol. The van der Waals surface area contributed by atoms with Crippen LogP contribution in [0.5, 0.6) is 5.75 Å². The Labute approximate surface area is 144 Å². The molecule has 0 bridgehead atoms. The van der Waals surface area contributed by atoms with E-state index in [0.29, 0.717) is 30.5 Å². The van der Waals surface area contributed by atoms with Crippen LogP contribution in [0.15, 0.2) is 48.5 Å². The molecule has 2 aromatic rings. The Morgan fingerprint density at radius 2 is 1.96 bits per heavy atom. The van der Waals surface area contributed by atoms with Crippen molar-refractivity contribution in [2.45, 2.75) is 12.7 Å². The van der Waals surface area contributed by atoms with Gasteiger partial charge in [-0.1, -0.05) is 23.7 Å². The van der Waals surface area contributed by atoms with Gasteiger partial charge < -0.3 is 14.4 Å². The number of likely N-dealkylation sites (tertiary alicyclic amines) is 1. The number of amides is 1. The van der Waals surface area contributed by atoms with Crippen LogP contribution in [0.3, 0.4) is 0 Å². The molecule has 1 aliphatic rings. The van der Waals surface area contributed by atoms with Gasteiger partial charge in [-0.3, -0.25) is 4.79 Å². The zero-order chi connectivity index (χ0) is 16.9. The highest BCUT2D eigenvalue weighted by atomic mass is 35.5. The summed E-state index contributed by atoms with van der Waals surface area (Å²) >= 11 is 5.79. The average molecular weight is 350 g/mol. The second kappa shape index (κ2) is 7.64. The molecular formula is C18H17ClFNO3. The van der Waals surface area contributed by atoms with Crippen LogP contribution in [0.25, 0.3) is 0 Å². The largest absolute Gasteiger partial charge is 0.484 e. The summed E-state index contributed by atoms with van der Waals surface area (Å²) in [6.07, 6.45) is -0.0206. The Kier molecular flexibility index (Phi) is 5.33. The minimum absolute atomic E-state index is 0.0156. The lowest BCUT2D eigenvalue weighted by molar-refractivity contribution is -0.148. The Balaban J connectivity index is 1.36. The maximum Gasteiger partial charge on any atom is 0.260 e. The van der Waals surface area contributed by atoms with Gasteiger partial charge in [-0.25, -0.2) is 4.39 Å². The van der Waals surface area contributed by atoms with Crippen LogP contribution in [-0.4, -0.2) is 36.6 Å². The van der Waals surface area contributed by atoms with E-state index in [1.165, 1.54) is 12.1 Å². The van der Waals surface area contributed by atoms with Crippen LogP contribution in [0.4, 0.5) is 4.39 Å². The normalized spacial score (nSPS) is 14.3. The highest BCUT2D eigenvalue weighted by molar-refractivity contribution is 6.30. The van der Waals surface area contributed by atoms with Gasteiger partial charge in [0.05, 0.1) is 12.7 Å². The minimum atomic E-state index is -0.277. The smallest absolute Gasteiger partial charge is 0.260 e. The predicted octanol–water partition coefficient (Wildman–Crippen LogP) is 3.29. The van der Waals surface area contributed by atoms with E-state index in [4.69, 9.17) is 21.1 Å². The molecule has 1 amide bonds. The van der Waals surface area contributed by atoms with E-state index < -0.39 is 0 Å². The summed E-state index contributed by atoms with van der Waals surface area (Å²) in [5.74, 6) is 0.239. The number of carbonyl (C=O) groups excluding carboxylic acids is 1. The number of carbonyl (C=O) groups is 1. The number of benzene rings is 2. The lowest BCUT2D eigenvalue weighted by atomic mass is 10.1. The third-order valence-corrected chi connectivity index (χ3v) is 4.00. The van der Waals surface area contributed by atoms with Gasteiger partial charge in [0, 0.05) is 18.1 Å². The van der Waals surface area contributed by atoms with Gasteiger partial charge >= 0.3 is 0 Å². The first-order chi connectivity index (χ1) is 11.6. The zero-order valence-corrected chi connectivity index (χ0v) is 13.7. The van der Waals surface area contributed by atoms with Crippen molar-refractivity contribution in [3.05, 3.63) is 64.9 Å². The van der Waals surface area contributed by atoms with E-state index in [9.17, 15) is 9.18 Å². The molecule has 6 heteroatoms. The fourth-order valence-electron chi connectivity index (χ4n) is 2.36. The Bertz CT molecular complexity index is 702. The number of nitrogens with zero attached hydrogens (tertiary/aromatic N) is 1. The highest BCUT2D eigenvalue weighted by Crippen LogP contribution is 2.17. The Morgan fingerprint density at radius 3 is 2.67 bits per heavy atom. The number of hydrogen-bond donors (Lipinski definition) is 0. The van der Waals surface area contributed by atoms with E-state index in [-0.39, 0.29) is 24.4 Å². The summed E-state index contributed by atoms with van der Waals surface area (Å²) in [7, 11) is 0. The van der Waals surface area contributed by atoms with Crippen molar-refractivity contribution in [1.82, 2.24) is 4.90 Å². The molecule has 2 aromatic carbocycles. The SMILES string of the molecule is O=C(COc1ccc(Cl)cc1)N1CC(OCc2cccc(F)c2)C1. The third-order valence-electron chi connectivity index (χ3n) is 3.75. The van der Waals surface area contributed by atoms with Crippen LogP contribution in [-0.2, 0) is 16.1 Å². The van der Waals surface area contributed by atoms with Crippen molar-refractivity contribution in [3.63, 3.8) is 0 Å². The van der Waals surface area contributed by atoms with Crippen molar-refractivity contribution in [3.8, 4) is 5.75 Å². The molecule has 0 saturated carbocycles. The van der Waals surface area contributed by atoms with E-state index in [1.807, 2.05) is 6.07 Å². The fraction of sp³-hybridized carbons (Fsp3) is 0.278. The van der Waals surface area contributed by atoms with Gasteiger partial charge in [0.1, 0.15) is 11.6 Å². The fourth-order valence-corrected chi connectivity index (χ4v) is 2.48. The molecule has 0 aliphatic carbocycles. The zero-order valence-electron chi connectivity index (χ0n) is 13.0. The average Bonchev–Trinajstić information content (AvgIpc) is 2.53. The molecule has 3 rings (SSSR count). The topological polar surface area (TPSA) is 38.8 Å². The molecule has 126 valence electrons. The summed E-state index contributed by atoms with van der Waals surface area (Å²) in [6.45, 7) is 1.38. The molecule has 1 aliphatic heterocycles. The lowest BCUT2D eigenvalue weighted by Crippen LogP contribution is -2.55.